The molecule has 0 bridgehead atoms. The van der Waals surface area contributed by atoms with Gasteiger partial charge in [-0.2, -0.15) is 0 Å². The topological polar surface area (TPSA) is 56.8 Å². The molecule has 1 heterocycles. The van der Waals surface area contributed by atoms with Gasteiger partial charge in [0.2, 0.25) is 0 Å². The highest BCUT2D eigenvalue weighted by Gasteiger charge is 2.17. The molecule has 0 aliphatic carbocycles. The third kappa shape index (κ3) is 4.68. The van der Waals surface area contributed by atoms with Crippen LogP contribution in [0.25, 0.3) is 0 Å². The Morgan fingerprint density at radius 1 is 1.03 bits per heavy atom. The molecule has 0 aromatic heterocycles. The van der Waals surface area contributed by atoms with Gasteiger partial charge in [-0.25, -0.2) is 4.39 Å². The Morgan fingerprint density at radius 3 is 2.52 bits per heavy atom. The van der Waals surface area contributed by atoms with Crippen molar-refractivity contribution in [2.24, 2.45) is 0 Å². The molecular weight excluding hydrogens is 441 g/mol. The van der Waals surface area contributed by atoms with Gasteiger partial charge < -0.3 is 19.5 Å². The summed E-state index contributed by atoms with van der Waals surface area (Å²) in [7, 11) is 0. The van der Waals surface area contributed by atoms with Gasteiger partial charge in [-0.3, -0.25) is 4.79 Å². The molecule has 0 spiro atoms. The number of nitrogens with one attached hydrogen (secondary N) is 1. The van der Waals surface area contributed by atoms with Crippen molar-refractivity contribution in [2.75, 3.05) is 18.5 Å². The minimum Gasteiger partial charge on any atom is -0.489 e. The van der Waals surface area contributed by atoms with Gasteiger partial charge >= 0.3 is 0 Å². The third-order valence-corrected chi connectivity index (χ3v) is 4.95. The lowest BCUT2D eigenvalue weighted by atomic mass is 10.2. The molecule has 0 saturated carbocycles. The molecular formula is C22H17BrFNO4. The van der Waals surface area contributed by atoms with Gasteiger partial charge in [-0.15, -0.1) is 0 Å². The molecule has 3 aromatic carbocycles. The first-order valence-corrected chi connectivity index (χ1v) is 9.75. The molecule has 1 aliphatic rings. The number of carbonyl (C=O) groups excluding carboxylic acids is 1. The molecule has 4 rings (SSSR count). The van der Waals surface area contributed by atoms with E-state index in [1.54, 1.807) is 48.5 Å². The van der Waals surface area contributed by atoms with Gasteiger partial charge in [0.1, 0.15) is 31.4 Å². The second-order valence-electron chi connectivity index (χ2n) is 6.37. The molecule has 1 aliphatic heterocycles. The average Bonchev–Trinajstić information content (AvgIpc) is 2.74. The maximum absolute atomic E-state index is 13.0. The summed E-state index contributed by atoms with van der Waals surface area (Å²) >= 11 is 3.45. The molecule has 7 heteroatoms. The summed E-state index contributed by atoms with van der Waals surface area (Å²) in [6.07, 6.45) is 0. The molecule has 5 nitrogen and oxygen atoms in total. The van der Waals surface area contributed by atoms with Crippen LogP contribution in [0.4, 0.5) is 10.1 Å². The maximum atomic E-state index is 13.0. The molecule has 0 radical (unpaired) electrons. The van der Waals surface area contributed by atoms with E-state index in [4.69, 9.17) is 14.2 Å². The van der Waals surface area contributed by atoms with Crippen LogP contribution in [0.15, 0.2) is 65.1 Å². The predicted molar refractivity (Wildman–Crippen MR) is 110 cm³/mol. The summed E-state index contributed by atoms with van der Waals surface area (Å²) in [5.41, 5.74) is 1.86. The summed E-state index contributed by atoms with van der Waals surface area (Å²) in [4.78, 5) is 12.7. The number of amides is 1. The first-order valence-electron chi connectivity index (χ1n) is 8.96. The number of fused-ring (bicyclic) bond motifs is 1. The zero-order valence-corrected chi connectivity index (χ0v) is 16.9. The summed E-state index contributed by atoms with van der Waals surface area (Å²) < 4.78 is 30.5. The van der Waals surface area contributed by atoms with Crippen molar-refractivity contribution in [1.29, 1.82) is 0 Å². The summed E-state index contributed by atoms with van der Waals surface area (Å²) in [6, 6.07) is 16.4. The molecule has 1 N–H and O–H groups in total. The van der Waals surface area contributed by atoms with E-state index >= 15 is 0 Å². The van der Waals surface area contributed by atoms with Gasteiger partial charge in [0.25, 0.3) is 5.91 Å². The van der Waals surface area contributed by atoms with Gasteiger partial charge in [0, 0.05) is 22.2 Å². The zero-order valence-electron chi connectivity index (χ0n) is 15.3. The Bertz CT molecular complexity index is 1040. The quantitative estimate of drug-likeness (QED) is 0.572. The van der Waals surface area contributed by atoms with E-state index in [0.717, 1.165) is 5.56 Å². The molecule has 29 heavy (non-hydrogen) atoms. The summed E-state index contributed by atoms with van der Waals surface area (Å²) in [6.45, 7) is 1.24. The Hall–Kier alpha value is -3.06. The van der Waals surface area contributed by atoms with E-state index in [-0.39, 0.29) is 18.3 Å². The number of anilines is 1. The first kappa shape index (κ1) is 19.3. The number of hydrogen-bond acceptors (Lipinski definition) is 4. The second kappa shape index (κ2) is 8.53. The largest absolute Gasteiger partial charge is 0.489 e. The van der Waals surface area contributed by atoms with E-state index < -0.39 is 0 Å². The normalized spacial score (nSPS) is 12.3. The van der Waals surface area contributed by atoms with E-state index in [1.165, 1.54) is 12.1 Å². The van der Waals surface area contributed by atoms with Crippen LogP contribution in [0.5, 0.6) is 17.2 Å². The number of ether oxygens (including phenoxy) is 3. The number of hydrogen-bond donors (Lipinski definition) is 1. The first-order chi connectivity index (χ1) is 14.1. The van der Waals surface area contributed by atoms with Crippen LogP contribution in [0.1, 0.15) is 15.9 Å². The minimum absolute atomic E-state index is 0.277. The van der Waals surface area contributed by atoms with Gasteiger partial charge in [0.15, 0.2) is 11.5 Å². The molecule has 0 unspecified atom stereocenters. The summed E-state index contributed by atoms with van der Waals surface area (Å²) in [5, 5.41) is 2.87. The van der Waals surface area contributed by atoms with Crippen LogP contribution in [-0.2, 0) is 6.61 Å². The number of halogens is 2. The SMILES string of the molecule is O=C(Nc1cc2c(cc1Br)OCCO2)c1cccc(OCc2ccc(F)cc2)c1. The van der Waals surface area contributed by atoms with Crippen molar-refractivity contribution in [3.8, 4) is 17.2 Å². The number of carbonyl (C=O) groups is 1. The average molecular weight is 458 g/mol. The van der Waals surface area contributed by atoms with Crippen LogP contribution < -0.4 is 19.5 Å². The lowest BCUT2D eigenvalue weighted by molar-refractivity contribution is 0.102. The fourth-order valence-corrected chi connectivity index (χ4v) is 3.25. The third-order valence-electron chi connectivity index (χ3n) is 4.30. The van der Waals surface area contributed by atoms with E-state index in [1.807, 2.05) is 0 Å². The monoisotopic (exact) mass is 457 g/mol. The van der Waals surface area contributed by atoms with E-state index in [9.17, 15) is 9.18 Å². The van der Waals surface area contributed by atoms with Gasteiger partial charge in [-0.05, 0) is 51.8 Å². The Labute approximate surface area is 175 Å². The molecule has 0 fully saturated rings. The van der Waals surface area contributed by atoms with E-state index in [2.05, 4.69) is 21.2 Å². The van der Waals surface area contributed by atoms with Crippen molar-refractivity contribution < 1.29 is 23.4 Å². The molecule has 1 amide bonds. The lowest BCUT2D eigenvalue weighted by Crippen LogP contribution is -2.17. The highest BCUT2D eigenvalue weighted by atomic mass is 79.9. The fraction of sp³-hybridized carbons (Fsp3) is 0.136. The lowest BCUT2D eigenvalue weighted by Gasteiger charge is -2.20. The van der Waals surface area contributed by atoms with Crippen molar-refractivity contribution in [3.05, 3.63) is 82.1 Å². The van der Waals surface area contributed by atoms with Crippen molar-refractivity contribution in [3.63, 3.8) is 0 Å². The minimum atomic E-state index is -0.294. The van der Waals surface area contributed by atoms with Gasteiger partial charge in [0.05, 0.1) is 5.69 Å². The highest BCUT2D eigenvalue weighted by Crippen LogP contribution is 2.38. The molecule has 0 atom stereocenters. The standard InChI is InChI=1S/C22H17BrFNO4/c23-18-11-20-21(28-9-8-27-20)12-19(18)25-22(26)15-2-1-3-17(10-15)29-13-14-4-6-16(24)7-5-14/h1-7,10-12H,8-9,13H2,(H,25,26). The molecule has 148 valence electrons. The van der Waals surface area contributed by atoms with Gasteiger partial charge in [-0.1, -0.05) is 18.2 Å². The van der Waals surface area contributed by atoms with Crippen LogP contribution in [0, 0.1) is 5.82 Å². The highest BCUT2D eigenvalue weighted by molar-refractivity contribution is 9.10. The fourth-order valence-electron chi connectivity index (χ4n) is 2.83. The Morgan fingerprint density at radius 2 is 1.76 bits per heavy atom. The van der Waals surface area contributed by atoms with E-state index in [0.29, 0.717) is 46.2 Å². The maximum Gasteiger partial charge on any atom is 0.255 e. The summed E-state index contributed by atoms with van der Waals surface area (Å²) in [5.74, 6) is 1.19. The number of rotatable bonds is 5. The van der Waals surface area contributed by atoms with Crippen molar-refractivity contribution in [1.82, 2.24) is 0 Å². The van der Waals surface area contributed by atoms with Crippen molar-refractivity contribution in [2.45, 2.75) is 6.61 Å². The van der Waals surface area contributed by atoms with Crippen LogP contribution in [0.3, 0.4) is 0 Å². The second-order valence-corrected chi connectivity index (χ2v) is 7.23. The van der Waals surface area contributed by atoms with Crippen LogP contribution in [-0.4, -0.2) is 19.1 Å². The zero-order chi connectivity index (χ0) is 20.2. The van der Waals surface area contributed by atoms with Crippen molar-refractivity contribution >= 4 is 27.5 Å². The van der Waals surface area contributed by atoms with Crippen LogP contribution in [0.2, 0.25) is 0 Å². The Balaban J connectivity index is 1.45. The van der Waals surface area contributed by atoms with Crippen LogP contribution >= 0.6 is 15.9 Å². The molecule has 3 aromatic rings. The Kier molecular flexibility index (Phi) is 5.67. The number of benzene rings is 3. The molecule has 0 saturated heterocycles. The smallest absolute Gasteiger partial charge is 0.255 e. The predicted octanol–water partition coefficient (Wildman–Crippen LogP) is 5.19.